The predicted molar refractivity (Wildman–Crippen MR) is 176 cm³/mol. The standard InChI is InChI=1S/C25H25N2.C13H24O2.Ir/c1-14-11-17-13-19-21(16(3)18(17)12-15(14)2)24(4,5)25(6,7)22-20(26-8)9-10-27-23(19)22;1-5-10(6-2)12(14)9-13(15)11(7-3)8-4;/h9-12H,1-7H3;9-11,14H,5-8H2,1-4H3;/q-1;;/b;12-9-;. The Morgan fingerprint density at radius 3 is 2.02 bits per heavy atom. The Morgan fingerprint density at radius 2 is 1.49 bits per heavy atom. The van der Waals surface area contributed by atoms with Crippen molar-refractivity contribution in [1.82, 2.24) is 4.98 Å². The summed E-state index contributed by atoms with van der Waals surface area (Å²) >= 11 is 0. The van der Waals surface area contributed by atoms with Crippen LogP contribution in [-0.2, 0) is 35.7 Å². The zero-order valence-corrected chi connectivity index (χ0v) is 30.3. The first-order valence-electron chi connectivity index (χ1n) is 15.5. The van der Waals surface area contributed by atoms with E-state index in [1.54, 1.807) is 6.20 Å². The van der Waals surface area contributed by atoms with Crippen LogP contribution in [0.25, 0.3) is 26.9 Å². The van der Waals surface area contributed by atoms with E-state index >= 15 is 0 Å². The number of carbonyl (C=O) groups is 1. The fraction of sp³-hybridized carbons (Fsp3) is 0.500. The van der Waals surface area contributed by atoms with Crippen molar-refractivity contribution in [2.45, 2.75) is 113 Å². The van der Waals surface area contributed by atoms with Crippen LogP contribution in [0, 0.1) is 45.2 Å². The summed E-state index contributed by atoms with van der Waals surface area (Å²) in [7, 11) is 0. The molecule has 1 heterocycles. The number of aromatic nitrogens is 1. The van der Waals surface area contributed by atoms with E-state index in [4.69, 9.17) is 11.6 Å². The van der Waals surface area contributed by atoms with Gasteiger partial charge in [0.25, 0.3) is 0 Å². The minimum atomic E-state index is -0.213. The zero-order chi connectivity index (χ0) is 31.6. The molecular formula is C38H49IrN2O2-. The number of allylic oxidation sites excluding steroid dienone is 2. The molecular weight excluding hydrogens is 709 g/mol. The third kappa shape index (κ3) is 6.67. The maximum atomic E-state index is 11.7. The maximum Gasteiger partial charge on any atom is 0.187 e. The molecule has 1 aliphatic rings. The van der Waals surface area contributed by atoms with Crippen LogP contribution in [0.15, 0.2) is 36.2 Å². The Hall–Kier alpha value is -2.80. The molecule has 0 saturated heterocycles. The normalized spacial score (nSPS) is 14.7. The van der Waals surface area contributed by atoms with Crippen molar-refractivity contribution >= 4 is 22.2 Å². The van der Waals surface area contributed by atoms with Crippen molar-refractivity contribution in [2.75, 3.05) is 0 Å². The third-order valence-electron chi connectivity index (χ3n) is 10.1. The van der Waals surface area contributed by atoms with Crippen molar-refractivity contribution in [3.05, 3.63) is 81.5 Å². The van der Waals surface area contributed by atoms with Gasteiger partial charge in [0.15, 0.2) is 11.5 Å². The smallest absolute Gasteiger partial charge is 0.187 e. The molecule has 1 aliphatic carbocycles. The number of aryl methyl sites for hydroxylation is 3. The maximum absolute atomic E-state index is 11.7. The van der Waals surface area contributed by atoms with E-state index < -0.39 is 0 Å². The summed E-state index contributed by atoms with van der Waals surface area (Å²) in [6, 6.07) is 10.1. The molecule has 1 radical (unpaired) electrons. The monoisotopic (exact) mass is 758 g/mol. The number of aliphatic hydroxyl groups is 1. The molecule has 43 heavy (non-hydrogen) atoms. The molecule has 0 aliphatic heterocycles. The van der Waals surface area contributed by atoms with Gasteiger partial charge in [0, 0.05) is 44.2 Å². The van der Waals surface area contributed by atoms with Gasteiger partial charge in [-0.25, -0.2) is 4.85 Å². The predicted octanol–water partition coefficient (Wildman–Crippen LogP) is 10.6. The van der Waals surface area contributed by atoms with Crippen LogP contribution < -0.4 is 0 Å². The summed E-state index contributed by atoms with van der Waals surface area (Å²) in [6.45, 7) is 31.4. The Morgan fingerprint density at radius 1 is 0.953 bits per heavy atom. The SMILES string of the molecule is CCC(CC)C(=O)/C=C(\O)C(CC)CC.[C-]#[N+]c1ccnc2c1C(C)(C)C(C)(C)c1c-2[c-]c2cc(C)c(C)cc2c1C.[Ir]. The number of hydrogen-bond acceptors (Lipinski definition) is 3. The number of nitrogens with zero attached hydrogens (tertiary/aromatic N) is 2. The van der Waals surface area contributed by atoms with Crippen LogP contribution in [0.5, 0.6) is 0 Å². The molecule has 0 bridgehead atoms. The molecule has 4 rings (SSSR count). The van der Waals surface area contributed by atoms with Crippen molar-refractivity contribution in [1.29, 1.82) is 0 Å². The third-order valence-corrected chi connectivity index (χ3v) is 10.1. The zero-order valence-electron chi connectivity index (χ0n) is 28.0. The fourth-order valence-corrected chi connectivity index (χ4v) is 6.46. The summed E-state index contributed by atoms with van der Waals surface area (Å²) in [5.74, 6) is 0.547. The van der Waals surface area contributed by atoms with Crippen LogP contribution in [-0.4, -0.2) is 15.9 Å². The topological polar surface area (TPSA) is 54.5 Å². The molecule has 3 aromatic rings. The van der Waals surface area contributed by atoms with Crippen LogP contribution in [0.4, 0.5) is 5.69 Å². The van der Waals surface area contributed by atoms with Crippen molar-refractivity contribution in [3.63, 3.8) is 0 Å². The minimum absolute atomic E-state index is 0. The summed E-state index contributed by atoms with van der Waals surface area (Å²) in [5.41, 5.74) is 8.58. The molecule has 2 aromatic carbocycles. The van der Waals surface area contributed by atoms with Crippen molar-refractivity contribution in [2.24, 2.45) is 11.8 Å². The van der Waals surface area contributed by atoms with E-state index in [-0.39, 0.29) is 54.3 Å². The van der Waals surface area contributed by atoms with Crippen LogP contribution >= 0.6 is 0 Å². The van der Waals surface area contributed by atoms with Gasteiger partial charge in [0.1, 0.15) is 0 Å². The van der Waals surface area contributed by atoms with E-state index in [0.717, 1.165) is 47.9 Å². The second kappa shape index (κ2) is 14.3. The molecule has 233 valence electrons. The summed E-state index contributed by atoms with van der Waals surface area (Å²) in [4.78, 5) is 20.3. The molecule has 0 saturated carbocycles. The Kier molecular flexibility index (Phi) is 12.1. The van der Waals surface area contributed by atoms with E-state index in [0.29, 0.717) is 5.69 Å². The van der Waals surface area contributed by atoms with Gasteiger partial charge in [-0.15, -0.1) is 23.1 Å². The van der Waals surface area contributed by atoms with E-state index in [9.17, 15) is 9.90 Å². The number of pyridine rings is 1. The first kappa shape index (κ1) is 36.4. The second-order valence-electron chi connectivity index (χ2n) is 12.9. The summed E-state index contributed by atoms with van der Waals surface area (Å²) in [6.07, 6.45) is 6.67. The first-order valence-corrected chi connectivity index (χ1v) is 15.5. The van der Waals surface area contributed by atoms with E-state index in [2.05, 4.69) is 71.5 Å². The Balaban J connectivity index is 0.000000348. The summed E-state index contributed by atoms with van der Waals surface area (Å²) < 4.78 is 0. The number of hydrogen-bond donors (Lipinski definition) is 1. The van der Waals surface area contributed by atoms with Crippen molar-refractivity contribution in [3.8, 4) is 11.3 Å². The van der Waals surface area contributed by atoms with Gasteiger partial charge in [0.05, 0.1) is 12.3 Å². The average Bonchev–Trinajstić information content (AvgIpc) is 2.94. The molecule has 0 fully saturated rings. The summed E-state index contributed by atoms with van der Waals surface area (Å²) in [5, 5.41) is 12.2. The van der Waals surface area contributed by atoms with Gasteiger partial charge in [0.2, 0.25) is 0 Å². The molecule has 0 amide bonds. The van der Waals surface area contributed by atoms with Gasteiger partial charge in [-0.2, -0.15) is 0 Å². The molecule has 0 atom stereocenters. The van der Waals surface area contributed by atoms with Gasteiger partial charge in [-0.05, 0) is 67.7 Å². The van der Waals surface area contributed by atoms with Gasteiger partial charge >= 0.3 is 0 Å². The van der Waals surface area contributed by atoms with E-state index in [1.165, 1.54) is 33.7 Å². The molecule has 0 unspecified atom stereocenters. The first-order chi connectivity index (χ1) is 19.7. The van der Waals surface area contributed by atoms with Crippen LogP contribution in [0.3, 0.4) is 0 Å². The quantitative estimate of drug-likeness (QED) is 0.148. The fourth-order valence-electron chi connectivity index (χ4n) is 6.46. The number of benzene rings is 2. The van der Waals surface area contributed by atoms with E-state index in [1.807, 2.05) is 33.8 Å². The number of rotatable bonds is 7. The van der Waals surface area contributed by atoms with Gasteiger partial charge in [-0.1, -0.05) is 96.0 Å². The number of aliphatic hydroxyl groups excluding tert-OH is 1. The number of carbonyl (C=O) groups excluding carboxylic acids is 1. The minimum Gasteiger partial charge on any atom is -0.512 e. The average molecular weight is 758 g/mol. The molecule has 0 spiro atoms. The molecule has 4 nitrogen and oxygen atoms in total. The molecule has 1 aromatic heterocycles. The van der Waals surface area contributed by atoms with Gasteiger partial charge in [-0.3, -0.25) is 9.78 Å². The molecule has 5 heteroatoms. The largest absolute Gasteiger partial charge is 0.512 e. The second-order valence-corrected chi connectivity index (χ2v) is 12.9. The Bertz CT molecular complexity index is 1550. The number of ketones is 1. The Labute approximate surface area is 273 Å². The van der Waals surface area contributed by atoms with Crippen molar-refractivity contribution < 1.29 is 30.0 Å². The van der Waals surface area contributed by atoms with Crippen LogP contribution in [0.2, 0.25) is 0 Å². The van der Waals surface area contributed by atoms with Crippen LogP contribution in [0.1, 0.15) is 109 Å². The molecule has 1 N–H and O–H groups in total. The van der Waals surface area contributed by atoms with Gasteiger partial charge < -0.3 is 5.11 Å². The number of fused-ring (bicyclic) bond motifs is 4.